The molecule has 4 nitrogen and oxygen atoms in total. The lowest BCUT2D eigenvalue weighted by Gasteiger charge is -2.16. The van der Waals surface area contributed by atoms with E-state index in [1.165, 1.54) is 64.9 Å². The van der Waals surface area contributed by atoms with E-state index in [-0.39, 0.29) is 0 Å². The molecule has 0 radical (unpaired) electrons. The molecule has 268 valence electrons. The first-order chi connectivity index (χ1) is 28.8. The van der Waals surface area contributed by atoms with Crippen LogP contribution in [-0.4, -0.2) is 19.1 Å². The minimum Gasteiger partial charge on any atom is -0.308 e. The van der Waals surface area contributed by atoms with Gasteiger partial charge < -0.3 is 4.57 Å². The average Bonchev–Trinajstić information content (AvgIpc) is 3.78. The predicted molar refractivity (Wildman–Crippen MR) is 244 cm³/mol. The number of nitrogens with zero attached hydrogens (tertiary/aromatic N) is 4. The monoisotopic (exact) mass is 736 g/mol. The highest BCUT2D eigenvalue weighted by atomic mass is 15.2. The van der Waals surface area contributed by atoms with Gasteiger partial charge in [-0.15, -0.1) is 0 Å². The lowest BCUT2D eigenvalue weighted by Crippen LogP contribution is -2.04. The second kappa shape index (κ2) is 11.8. The Morgan fingerprint density at radius 2 is 0.879 bits per heavy atom. The summed E-state index contributed by atoms with van der Waals surface area (Å²) in [6, 6.07) is 70.3. The summed E-state index contributed by atoms with van der Waals surface area (Å²) in [5.41, 5.74) is 8.52. The first kappa shape index (κ1) is 31.4. The molecule has 10 aromatic carbocycles. The third-order valence-corrected chi connectivity index (χ3v) is 12.2. The fourth-order valence-corrected chi connectivity index (χ4v) is 9.64. The van der Waals surface area contributed by atoms with Gasteiger partial charge >= 0.3 is 0 Å². The van der Waals surface area contributed by atoms with Gasteiger partial charge in [0.1, 0.15) is 0 Å². The maximum absolute atomic E-state index is 5.55. The predicted octanol–water partition coefficient (Wildman–Crippen LogP) is 14.1. The number of aromatic nitrogens is 4. The summed E-state index contributed by atoms with van der Waals surface area (Å²) in [4.78, 5) is 10.9. The SMILES string of the molecule is c1ccc2cc3c(cc2c1)c1ccccc1n3-c1c2ccccc2cc2c1c1ccccc1n2-c1nc(-c2ccc3ccc4ccccc4c3c2)c2ccccc2n1. The van der Waals surface area contributed by atoms with Crippen LogP contribution in [0.5, 0.6) is 0 Å². The van der Waals surface area contributed by atoms with Crippen LogP contribution in [0.3, 0.4) is 0 Å². The first-order valence-corrected chi connectivity index (χ1v) is 19.8. The molecule has 0 aliphatic carbocycles. The summed E-state index contributed by atoms with van der Waals surface area (Å²) in [7, 11) is 0. The Kier molecular flexibility index (Phi) is 6.41. The quantitative estimate of drug-likeness (QED) is 0.169. The molecule has 13 aromatic rings. The van der Waals surface area contributed by atoms with E-state index < -0.39 is 0 Å². The molecule has 13 rings (SSSR count). The van der Waals surface area contributed by atoms with E-state index in [4.69, 9.17) is 9.97 Å². The molecule has 0 bridgehead atoms. The molecule has 0 aliphatic rings. The minimum absolute atomic E-state index is 0.646. The molecule has 0 saturated heterocycles. The lowest BCUT2D eigenvalue weighted by atomic mass is 9.98. The smallest absolute Gasteiger partial charge is 0.235 e. The summed E-state index contributed by atoms with van der Waals surface area (Å²) < 4.78 is 4.79. The number of benzene rings is 10. The Bertz CT molecular complexity index is 3870. The topological polar surface area (TPSA) is 35.6 Å². The molecule has 0 atom stereocenters. The highest BCUT2D eigenvalue weighted by Gasteiger charge is 2.24. The van der Waals surface area contributed by atoms with Crippen LogP contribution >= 0.6 is 0 Å². The summed E-state index contributed by atoms with van der Waals surface area (Å²) >= 11 is 0. The van der Waals surface area contributed by atoms with Gasteiger partial charge in [-0.1, -0.05) is 152 Å². The molecule has 0 unspecified atom stereocenters. The van der Waals surface area contributed by atoms with Crippen LogP contribution in [0.4, 0.5) is 0 Å². The highest BCUT2D eigenvalue weighted by Crippen LogP contribution is 2.44. The fourth-order valence-electron chi connectivity index (χ4n) is 9.64. The Morgan fingerprint density at radius 1 is 0.310 bits per heavy atom. The van der Waals surface area contributed by atoms with Crippen molar-refractivity contribution in [3.8, 4) is 22.9 Å². The second-order valence-electron chi connectivity index (χ2n) is 15.4. The number of rotatable bonds is 3. The third-order valence-electron chi connectivity index (χ3n) is 12.2. The second-order valence-corrected chi connectivity index (χ2v) is 15.4. The van der Waals surface area contributed by atoms with Gasteiger partial charge in [0, 0.05) is 37.9 Å². The fraction of sp³-hybridized carbons (Fsp3) is 0. The van der Waals surface area contributed by atoms with Crippen molar-refractivity contribution in [1.82, 2.24) is 19.1 Å². The van der Waals surface area contributed by atoms with Gasteiger partial charge in [0.2, 0.25) is 5.95 Å². The Hall–Kier alpha value is -7.82. The molecule has 3 aromatic heterocycles. The van der Waals surface area contributed by atoms with E-state index >= 15 is 0 Å². The highest BCUT2D eigenvalue weighted by molar-refractivity contribution is 6.23. The average molecular weight is 737 g/mol. The zero-order valence-electron chi connectivity index (χ0n) is 31.3. The van der Waals surface area contributed by atoms with Crippen molar-refractivity contribution >= 4 is 97.6 Å². The van der Waals surface area contributed by atoms with E-state index in [9.17, 15) is 0 Å². The lowest BCUT2D eigenvalue weighted by molar-refractivity contribution is 1.01. The van der Waals surface area contributed by atoms with E-state index in [0.29, 0.717) is 5.95 Å². The van der Waals surface area contributed by atoms with Gasteiger partial charge in [0.05, 0.1) is 39.0 Å². The summed E-state index contributed by atoms with van der Waals surface area (Å²) in [5.74, 6) is 0.646. The minimum atomic E-state index is 0.646. The van der Waals surface area contributed by atoms with Crippen molar-refractivity contribution in [2.45, 2.75) is 0 Å². The molecule has 4 heteroatoms. The van der Waals surface area contributed by atoms with Crippen LogP contribution < -0.4 is 0 Å². The van der Waals surface area contributed by atoms with Crippen LogP contribution in [-0.2, 0) is 0 Å². The van der Waals surface area contributed by atoms with Gasteiger partial charge in [-0.3, -0.25) is 4.57 Å². The largest absolute Gasteiger partial charge is 0.308 e. The van der Waals surface area contributed by atoms with Crippen LogP contribution in [0.2, 0.25) is 0 Å². The van der Waals surface area contributed by atoms with Gasteiger partial charge in [0.25, 0.3) is 0 Å². The first-order valence-electron chi connectivity index (χ1n) is 19.8. The van der Waals surface area contributed by atoms with Gasteiger partial charge in [-0.25, -0.2) is 9.97 Å². The molecule has 3 heterocycles. The summed E-state index contributed by atoms with van der Waals surface area (Å²) in [6.07, 6.45) is 0. The van der Waals surface area contributed by atoms with Gasteiger partial charge in [-0.2, -0.15) is 0 Å². The molecule has 0 fully saturated rings. The van der Waals surface area contributed by atoms with Crippen LogP contribution in [0.25, 0.3) is 120 Å². The van der Waals surface area contributed by atoms with E-state index in [1.54, 1.807) is 0 Å². The molecule has 0 amide bonds. The van der Waals surface area contributed by atoms with Crippen LogP contribution in [0, 0.1) is 0 Å². The van der Waals surface area contributed by atoms with Crippen molar-refractivity contribution in [2.75, 3.05) is 0 Å². The number of para-hydroxylation sites is 3. The molecular formula is C54H32N4. The molecule has 0 N–H and O–H groups in total. The maximum Gasteiger partial charge on any atom is 0.235 e. The maximum atomic E-state index is 5.55. The van der Waals surface area contributed by atoms with Crippen molar-refractivity contribution in [1.29, 1.82) is 0 Å². The van der Waals surface area contributed by atoms with Crippen molar-refractivity contribution in [3.05, 3.63) is 194 Å². The molecule has 0 saturated carbocycles. The van der Waals surface area contributed by atoms with Crippen molar-refractivity contribution in [2.24, 2.45) is 0 Å². The number of hydrogen-bond donors (Lipinski definition) is 0. The zero-order chi connectivity index (χ0) is 37.9. The Morgan fingerprint density at radius 3 is 1.69 bits per heavy atom. The Balaban J connectivity index is 1.16. The van der Waals surface area contributed by atoms with Gasteiger partial charge in [0.15, 0.2) is 0 Å². The third kappa shape index (κ3) is 4.40. The normalized spacial score (nSPS) is 12.1. The molecule has 0 spiro atoms. The summed E-state index contributed by atoms with van der Waals surface area (Å²) in [6.45, 7) is 0. The molecular weight excluding hydrogens is 705 g/mol. The van der Waals surface area contributed by atoms with E-state index in [2.05, 4.69) is 203 Å². The standard InChI is InChI=1S/C54H32N4/c1-2-15-36-31-49-45(29-35(36)14-1)41-19-8-11-23-47(41)57(49)53-40-18-6-4-16-37(40)32-50-51(53)43-21-9-12-24-48(43)58(50)54-55-46-22-10-7-20-42(46)52(56-54)38-28-27-34-26-25-33-13-3-5-17-39(33)44(34)30-38/h1-32H. The number of hydrogen-bond acceptors (Lipinski definition) is 2. The van der Waals surface area contributed by atoms with Crippen LogP contribution in [0.1, 0.15) is 0 Å². The van der Waals surface area contributed by atoms with E-state index in [1.807, 2.05) is 0 Å². The Labute approximate surface area is 332 Å². The van der Waals surface area contributed by atoms with Crippen molar-refractivity contribution < 1.29 is 0 Å². The van der Waals surface area contributed by atoms with Crippen molar-refractivity contribution in [3.63, 3.8) is 0 Å². The van der Waals surface area contributed by atoms with Gasteiger partial charge in [-0.05, 0) is 80.2 Å². The van der Waals surface area contributed by atoms with Crippen LogP contribution in [0.15, 0.2) is 194 Å². The molecule has 58 heavy (non-hydrogen) atoms. The zero-order valence-corrected chi connectivity index (χ0v) is 31.3. The summed E-state index contributed by atoms with van der Waals surface area (Å²) in [5, 5.41) is 15.5. The molecule has 0 aliphatic heterocycles. The van der Waals surface area contributed by atoms with E-state index in [0.717, 1.165) is 49.7 Å². The number of fused-ring (bicyclic) bond motifs is 12.